The van der Waals surface area contributed by atoms with Crippen LogP contribution in [0.1, 0.15) is 0 Å². The molecule has 3 nitrogen and oxygen atoms in total. The highest BCUT2D eigenvalue weighted by molar-refractivity contribution is 5.65. The summed E-state index contributed by atoms with van der Waals surface area (Å²) < 4.78 is 1.73. The van der Waals surface area contributed by atoms with Crippen LogP contribution in [0.15, 0.2) is 77.9 Å². The van der Waals surface area contributed by atoms with E-state index in [0.29, 0.717) is 0 Å². The van der Waals surface area contributed by atoms with Gasteiger partial charge in [-0.15, -0.1) is 0 Å². The maximum atomic E-state index is 11.2. The number of nitrogens with zero attached hydrogens (tertiary/aromatic N) is 1. The summed E-state index contributed by atoms with van der Waals surface area (Å²) in [4.78, 5) is 11.2. The highest BCUT2D eigenvalue weighted by Crippen LogP contribution is 2.22. The van der Waals surface area contributed by atoms with Crippen molar-refractivity contribution in [3.05, 3.63) is 83.3 Å². The standard InChI is InChI=1S/C17H13NO2/c19-16-9-10-18(12-17(16)20)15-8-4-7-14(11-15)13-5-2-1-3-6-13/h1-12,20H. The molecule has 0 aliphatic rings. The zero-order valence-corrected chi connectivity index (χ0v) is 10.7. The predicted octanol–water partition coefficient (Wildman–Crippen LogP) is 3.21. The first-order chi connectivity index (χ1) is 9.74. The molecular formula is C17H13NO2. The van der Waals surface area contributed by atoms with E-state index < -0.39 is 0 Å². The van der Waals surface area contributed by atoms with Crippen LogP contribution in [0.25, 0.3) is 16.8 Å². The van der Waals surface area contributed by atoms with E-state index in [9.17, 15) is 9.90 Å². The molecule has 0 bridgehead atoms. The van der Waals surface area contributed by atoms with Gasteiger partial charge in [0.25, 0.3) is 0 Å². The van der Waals surface area contributed by atoms with Gasteiger partial charge in [0.1, 0.15) is 0 Å². The van der Waals surface area contributed by atoms with Crippen LogP contribution in [-0.4, -0.2) is 9.67 Å². The predicted molar refractivity (Wildman–Crippen MR) is 79.1 cm³/mol. The molecule has 3 aromatic rings. The van der Waals surface area contributed by atoms with E-state index >= 15 is 0 Å². The van der Waals surface area contributed by atoms with Crippen molar-refractivity contribution in [2.75, 3.05) is 0 Å². The maximum absolute atomic E-state index is 11.2. The van der Waals surface area contributed by atoms with Crippen molar-refractivity contribution >= 4 is 0 Å². The van der Waals surface area contributed by atoms with Crippen molar-refractivity contribution in [2.45, 2.75) is 0 Å². The molecule has 1 aromatic heterocycles. The fraction of sp³-hybridized carbons (Fsp3) is 0. The van der Waals surface area contributed by atoms with E-state index in [-0.39, 0.29) is 11.2 Å². The minimum Gasteiger partial charge on any atom is -0.503 e. The molecular weight excluding hydrogens is 250 g/mol. The molecule has 0 radical (unpaired) electrons. The SMILES string of the molecule is O=c1ccn(-c2cccc(-c3ccccc3)c2)cc1O. The zero-order valence-electron chi connectivity index (χ0n) is 10.7. The third-order valence-corrected chi connectivity index (χ3v) is 3.15. The van der Waals surface area contributed by atoms with E-state index in [1.807, 2.05) is 54.6 Å². The topological polar surface area (TPSA) is 42.2 Å². The molecule has 2 aromatic carbocycles. The highest BCUT2D eigenvalue weighted by Gasteiger charge is 2.02. The van der Waals surface area contributed by atoms with Crippen molar-refractivity contribution in [3.8, 4) is 22.6 Å². The average Bonchev–Trinajstić information content (AvgIpc) is 2.51. The Kier molecular flexibility index (Phi) is 3.09. The summed E-state index contributed by atoms with van der Waals surface area (Å²) in [7, 11) is 0. The molecule has 0 spiro atoms. The molecule has 0 amide bonds. The summed E-state index contributed by atoms with van der Waals surface area (Å²) >= 11 is 0. The number of benzene rings is 2. The monoisotopic (exact) mass is 263 g/mol. The molecule has 3 heteroatoms. The summed E-state index contributed by atoms with van der Waals surface area (Å²) in [5.74, 6) is -0.252. The number of pyridine rings is 1. The lowest BCUT2D eigenvalue weighted by atomic mass is 10.1. The van der Waals surface area contributed by atoms with Crippen LogP contribution in [0.5, 0.6) is 5.75 Å². The Morgan fingerprint density at radius 3 is 2.35 bits per heavy atom. The third kappa shape index (κ3) is 2.34. The van der Waals surface area contributed by atoms with Crippen LogP contribution < -0.4 is 5.43 Å². The van der Waals surface area contributed by atoms with Crippen LogP contribution in [0.3, 0.4) is 0 Å². The lowest BCUT2D eigenvalue weighted by molar-refractivity contribution is 0.465. The van der Waals surface area contributed by atoms with Crippen LogP contribution in [0.4, 0.5) is 0 Å². The van der Waals surface area contributed by atoms with E-state index in [1.54, 1.807) is 10.8 Å². The Labute approximate surface area is 116 Å². The molecule has 20 heavy (non-hydrogen) atoms. The van der Waals surface area contributed by atoms with E-state index in [2.05, 4.69) is 0 Å². The van der Waals surface area contributed by atoms with Gasteiger partial charge in [0, 0.05) is 18.0 Å². The van der Waals surface area contributed by atoms with E-state index in [4.69, 9.17) is 0 Å². The minimum absolute atomic E-state index is 0.252. The van der Waals surface area contributed by atoms with Crippen molar-refractivity contribution in [3.63, 3.8) is 0 Å². The zero-order chi connectivity index (χ0) is 13.9. The number of aromatic nitrogens is 1. The summed E-state index contributed by atoms with van der Waals surface area (Å²) in [5, 5.41) is 9.51. The van der Waals surface area contributed by atoms with Gasteiger partial charge < -0.3 is 9.67 Å². The Morgan fingerprint density at radius 1 is 0.850 bits per heavy atom. The largest absolute Gasteiger partial charge is 0.503 e. The van der Waals surface area contributed by atoms with Gasteiger partial charge in [-0.3, -0.25) is 4.79 Å². The molecule has 0 atom stereocenters. The van der Waals surface area contributed by atoms with Crippen LogP contribution in [0.2, 0.25) is 0 Å². The second-order valence-corrected chi connectivity index (χ2v) is 4.52. The number of rotatable bonds is 2. The summed E-state index contributed by atoms with van der Waals surface area (Å²) in [6.07, 6.45) is 3.07. The lowest BCUT2D eigenvalue weighted by Crippen LogP contribution is -2.03. The Morgan fingerprint density at radius 2 is 1.60 bits per heavy atom. The van der Waals surface area contributed by atoms with Gasteiger partial charge in [0.05, 0.1) is 6.20 Å². The van der Waals surface area contributed by atoms with E-state index in [0.717, 1.165) is 16.8 Å². The minimum atomic E-state index is -0.375. The fourth-order valence-electron chi connectivity index (χ4n) is 2.11. The van der Waals surface area contributed by atoms with Crippen LogP contribution in [-0.2, 0) is 0 Å². The Hall–Kier alpha value is -2.81. The summed E-state index contributed by atoms with van der Waals surface area (Å²) in [5.41, 5.74) is 2.73. The Balaban J connectivity index is 2.07. The van der Waals surface area contributed by atoms with Gasteiger partial charge in [-0.25, -0.2) is 0 Å². The van der Waals surface area contributed by atoms with Crippen LogP contribution >= 0.6 is 0 Å². The molecule has 0 fully saturated rings. The average molecular weight is 263 g/mol. The van der Waals surface area contributed by atoms with Crippen molar-refractivity contribution in [2.24, 2.45) is 0 Å². The smallest absolute Gasteiger partial charge is 0.223 e. The molecule has 0 unspecified atom stereocenters. The number of hydrogen-bond acceptors (Lipinski definition) is 2. The van der Waals surface area contributed by atoms with Gasteiger partial charge in [-0.2, -0.15) is 0 Å². The molecule has 1 heterocycles. The van der Waals surface area contributed by atoms with Gasteiger partial charge in [0.2, 0.25) is 5.43 Å². The van der Waals surface area contributed by atoms with Gasteiger partial charge >= 0.3 is 0 Å². The third-order valence-electron chi connectivity index (χ3n) is 3.15. The second-order valence-electron chi connectivity index (χ2n) is 4.52. The molecule has 0 aliphatic heterocycles. The molecule has 98 valence electrons. The molecule has 0 aliphatic carbocycles. The second kappa shape index (κ2) is 5.05. The first-order valence-electron chi connectivity index (χ1n) is 6.31. The fourth-order valence-corrected chi connectivity index (χ4v) is 2.11. The quantitative estimate of drug-likeness (QED) is 0.771. The van der Waals surface area contributed by atoms with Gasteiger partial charge in [-0.05, 0) is 23.3 Å². The lowest BCUT2D eigenvalue weighted by Gasteiger charge is -2.09. The van der Waals surface area contributed by atoms with Gasteiger partial charge in [0.15, 0.2) is 5.75 Å². The Bertz CT molecular complexity index is 791. The highest BCUT2D eigenvalue weighted by atomic mass is 16.3. The number of hydrogen-bond donors (Lipinski definition) is 1. The summed E-state index contributed by atoms with van der Waals surface area (Å²) in [6.45, 7) is 0. The van der Waals surface area contributed by atoms with Crippen molar-refractivity contribution < 1.29 is 5.11 Å². The van der Waals surface area contributed by atoms with Gasteiger partial charge in [-0.1, -0.05) is 42.5 Å². The first kappa shape index (κ1) is 12.2. The molecule has 0 saturated carbocycles. The van der Waals surface area contributed by atoms with Crippen LogP contribution in [0, 0.1) is 0 Å². The number of aromatic hydroxyl groups is 1. The molecule has 1 N–H and O–H groups in total. The van der Waals surface area contributed by atoms with Crippen molar-refractivity contribution in [1.29, 1.82) is 0 Å². The first-order valence-corrected chi connectivity index (χ1v) is 6.31. The van der Waals surface area contributed by atoms with Crippen molar-refractivity contribution in [1.82, 2.24) is 4.57 Å². The molecule has 0 saturated heterocycles. The summed E-state index contributed by atoms with van der Waals surface area (Å²) in [6, 6.07) is 19.3. The van der Waals surface area contributed by atoms with E-state index in [1.165, 1.54) is 12.3 Å². The normalized spacial score (nSPS) is 10.4. The maximum Gasteiger partial charge on any atom is 0.223 e. The molecule has 3 rings (SSSR count).